The van der Waals surface area contributed by atoms with Gasteiger partial charge in [0, 0.05) is 15.6 Å². The Kier molecular flexibility index (Phi) is 7.45. The van der Waals surface area contributed by atoms with Crippen molar-refractivity contribution in [2.24, 2.45) is 0 Å². The van der Waals surface area contributed by atoms with Crippen LogP contribution in [-0.4, -0.2) is 31.8 Å². The van der Waals surface area contributed by atoms with Crippen LogP contribution in [0.5, 0.6) is 5.75 Å². The lowest BCUT2D eigenvalue weighted by Crippen LogP contribution is -2.10. The van der Waals surface area contributed by atoms with Crippen molar-refractivity contribution >= 4 is 27.9 Å². The van der Waals surface area contributed by atoms with Crippen LogP contribution in [0.1, 0.15) is 54.3 Å². The molecule has 0 aliphatic heterocycles. The Morgan fingerprint density at radius 3 is 2.04 bits per heavy atom. The van der Waals surface area contributed by atoms with Crippen molar-refractivity contribution < 1.29 is 23.8 Å². The number of esters is 2. The molecule has 0 saturated carbocycles. The van der Waals surface area contributed by atoms with Gasteiger partial charge in [0.2, 0.25) is 0 Å². The minimum Gasteiger partial charge on any atom is -0.492 e. The van der Waals surface area contributed by atoms with Crippen LogP contribution in [0.4, 0.5) is 0 Å². The maximum Gasteiger partial charge on any atom is 0.342 e. The van der Waals surface area contributed by atoms with Crippen molar-refractivity contribution in [2.75, 3.05) is 19.8 Å². The van der Waals surface area contributed by atoms with Gasteiger partial charge < -0.3 is 14.2 Å². The molecule has 2 aliphatic rings. The predicted octanol–water partition coefficient (Wildman–Crippen LogP) is 5.09. The average molecular weight is 423 g/mol. The molecule has 0 atom stereocenters. The molecule has 5 nitrogen and oxygen atoms in total. The molecule has 2 aliphatic carbocycles. The molecular weight excluding hydrogens is 400 g/mol. The Morgan fingerprint density at radius 2 is 1.50 bits per heavy atom. The van der Waals surface area contributed by atoms with Gasteiger partial charge in [0.05, 0.1) is 19.8 Å². The lowest BCUT2D eigenvalue weighted by molar-refractivity contribution is 0.0500. The number of carbonyl (C=O) groups excluding carboxylic acids is 2. The minimum absolute atomic E-state index is 0.225. The van der Waals surface area contributed by atoms with Crippen LogP contribution in [0.25, 0.3) is 11.1 Å². The normalized spacial score (nSPS) is 10.6. The molecule has 6 heteroatoms. The van der Waals surface area contributed by atoms with Gasteiger partial charge in [-0.15, -0.1) is 0 Å². The van der Waals surface area contributed by atoms with Gasteiger partial charge in [-0.25, -0.2) is 9.59 Å². The van der Waals surface area contributed by atoms with Crippen molar-refractivity contribution in [3.05, 3.63) is 39.9 Å². The molecule has 0 bridgehead atoms. The summed E-state index contributed by atoms with van der Waals surface area (Å²) in [6, 6.07) is 7.21. The summed E-state index contributed by atoms with van der Waals surface area (Å²) in [6.45, 7) is 6.55. The van der Waals surface area contributed by atoms with Gasteiger partial charge in [0.1, 0.15) is 16.9 Å². The second-order valence-electron chi connectivity index (χ2n) is 5.67. The molecule has 140 valence electrons. The summed E-state index contributed by atoms with van der Waals surface area (Å²) in [5.74, 6) is -0.784. The zero-order valence-corrected chi connectivity index (χ0v) is 16.9. The molecule has 0 saturated heterocycles. The van der Waals surface area contributed by atoms with Gasteiger partial charge in [0.15, 0.2) is 0 Å². The number of hydrogen-bond donors (Lipinski definition) is 0. The number of halogens is 1. The summed E-state index contributed by atoms with van der Waals surface area (Å²) in [7, 11) is 0. The zero-order chi connectivity index (χ0) is 19.1. The van der Waals surface area contributed by atoms with Crippen molar-refractivity contribution in [1.29, 1.82) is 0 Å². The second-order valence-corrected chi connectivity index (χ2v) is 6.58. The Hall–Kier alpha value is -2.08. The van der Waals surface area contributed by atoms with Crippen LogP contribution in [-0.2, 0) is 9.47 Å². The van der Waals surface area contributed by atoms with E-state index in [-0.39, 0.29) is 16.9 Å². The highest BCUT2D eigenvalue weighted by Crippen LogP contribution is 2.43. The fourth-order valence-corrected chi connectivity index (χ4v) is 2.99. The van der Waals surface area contributed by atoms with Crippen LogP contribution in [0.2, 0.25) is 0 Å². The summed E-state index contributed by atoms with van der Waals surface area (Å²) in [5.41, 5.74) is 1.72. The average Bonchev–Trinajstić information content (AvgIpc) is 2.78. The standard InChI is InChI=1S/C20H23BrO5/c1-4-10-25-19(22)16-14-9-7-8-13(21)12-15(14)17(18(16)24-6-3)20(23)26-11-5-2/h7-9,12H,4-6,10-11H2,1-3H3. The highest BCUT2D eigenvalue weighted by molar-refractivity contribution is 9.10. The lowest BCUT2D eigenvalue weighted by atomic mass is 10.1. The van der Waals surface area contributed by atoms with E-state index in [1.54, 1.807) is 25.1 Å². The third kappa shape index (κ3) is 4.36. The molecule has 0 spiro atoms. The molecule has 0 aromatic rings. The van der Waals surface area contributed by atoms with Crippen molar-refractivity contribution in [1.82, 2.24) is 0 Å². The van der Waals surface area contributed by atoms with E-state index in [4.69, 9.17) is 14.2 Å². The first-order chi connectivity index (χ1) is 12.5. The van der Waals surface area contributed by atoms with E-state index >= 15 is 0 Å². The first-order valence-electron chi connectivity index (χ1n) is 8.77. The van der Waals surface area contributed by atoms with Gasteiger partial charge in [-0.3, -0.25) is 0 Å². The third-order valence-electron chi connectivity index (χ3n) is 3.66. The van der Waals surface area contributed by atoms with Gasteiger partial charge >= 0.3 is 11.9 Å². The van der Waals surface area contributed by atoms with Crippen LogP contribution in [0.3, 0.4) is 0 Å². The number of ether oxygens (including phenoxy) is 3. The largest absolute Gasteiger partial charge is 0.492 e. The summed E-state index contributed by atoms with van der Waals surface area (Å²) in [5, 5.41) is 0. The Balaban J connectivity index is 2.70. The monoisotopic (exact) mass is 422 g/mol. The third-order valence-corrected chi connectivity index (χ3v) is 4.15. The van der Waals surface area contributed by atoms with Gasteiger partial charge in [-0.1, -0.05) is 41.9 Å². The highest BCUT2D eigenvalue weighted by Gasteiger charge is 2.33. The fourth-order valence-electron chi connectivity index (χ4n) is 2.61. The lowest BCUT2D eigenvalue weighted by Gasteiger charge is -2.09. The molecular formula is C20H23BrO5. The minimum atomic E-state index is -0.507. The maximum atomic E-state index is 12.7. The van der Waals surface area contributed by atoms with Gasteiger partial charge in [0.25, 0.3) is 0 Å². The van der Waals surface area contributed by atoms with E-state index in [0.717, 1.165) is 4.47 Å². The van der Waals surface area contributed by atoms with E-state index in [0.29, 0.717) is 43.8 Å². The molecule has 0 radical (unpaired) electrons. The summed E-state index contributed by atoms with van der Waals surface area (Å²) in [4.78, 5) is 25.4. The number of fused-ring (bicyclic) bond motifs is 1. The van der Waals surface area contributed by atoms with Crippen LogP contribution >= 0.6 is 15.9 Å². The smallest absolute Gasteiger partial charge is 0.342 e. The fraction of sp³-hybridized carbons (Fsp3) is 0.400. The van der Waals surface area contributed by atoms with Gasteiger partial charge in [-0.2, -0.15) is 0 Å². The molecule has 0 amide bonds. The maximum absolute atomic E-state index is 12.7. The molecule has 0 N–H and O–H groups in total. The molecule has 0 unspecified atom stereocenters. The van der Waals surface area contributed by atoms with Gasteiger partial charge in [-0.05, 0) is 31.9 Å². The van der Waals surface area contributed by atoms with Crippen LogP contribution in [0, 0.1) is 0 Å². The zero-order valence-electron chi connectivity index (χ0n) is 15.3. The van der Waals surface area contributed by atoms with E-state index in [2.05, 4.69) is 15.9 Å². The molecule has 0 fully saturated rings. The van der Waals surface area contributed by atoms with Crippen LogP contribution in [0.15, 0.2) is 28.7 Å². The van der Waals surface area contributed by atoms with E-state index in [1.807, 2.05) is 19.9 Å². The predicted molar refractivity (Wildman–Crippen MR) is 103 cm³/mol. The Bertz CT molecular complexity index is 756. The molecule has 2 rings (SSSR count). The SMILES string of the molecule is CCCOC(=O)c1c2cccc(Br)cc-2c(C(=O)OCCC)c1OCC. The van der Waals surface area contributed by atoms with Crippen molar-refractivity contribution in [2.45, 2.75) is 33.6 Å². The van der Waals surface area contributed by atoms with Crippen molar-refractivity contribution in [3.8, 4) is 16.9 Å². The number of rotatable bonds is 8. The quantitative estimate of drug-likeness (QED) is 0.554. The summed E-state index contributed by atoms with van der Waals surface area (Å²) in [6.07, 6.45) is 1.41. The topological polar surface area (TPSA) is 61.8 Å². The molecule has 0 heterocycles. The first-order valence-corrected chi connectivity index (χ1v) is 9.56. The summed E-state index contributed by atoms with van der Waals surface area (Å²) < 4.78 is 17.1. The van der Waals surface area contributed by atoms with E-state index in [9.17, 15) is 9.59 Å². The Labute approximate surface area is 162 Å². The highest BCUT2D eigenvalue weighted by atomic mass is 79.9. The number of hydrogen-bond acceptors (Lipinski definition) is 5. The van der Waals surface area contributed by atoms with Crippen molar-refractivity contribution in [3.63, 3.8) is 0 Å². The first kappa shape index (κ1) is 20.2. The van der Waals surface area contributed by atoms with E-state index in [1.165, 1.54) is 0 Å². The van der Waals surface area contributed by atoms with Crippen LogP contribution < -0.4 is 4.74 Å². The second kappa shape index (κ2) is 9.57. The molecule has 26 heavy (non-hydrogen) atoms. The number of carbonyl (C=O) groups is 2. The summed E-state index contributed by atoms with van der Waals surface area (Å²) >= 11 is 3.44. The Morgan fingerprint density at radius 1 is 0.923 bits per heavy atom. The van der Waals surface area contributed by atoms with E-state index < -0.39 is 11.9 Å². The molecule has 0 aromatic carbocycles. The molecule has 0 aromatic heterocycles.